The third-order valence-corrected chi connectivity index (χ3v) is 3.32. The molecule has 0 aliphatic rings. The van der Waals surface area contributed by atoms with Crippen LogP contribution in [0.3, 0.4) is 0 Å². The molecule has 0 fully saturated rings. The lowest BCUT2D eigenvalue weighted by Crippen LogP contribution is -2.27. The van der Waals surface area contributed by atoms with E-state index in [4.69, 9.17) is 11.6 Å². The predicted octanol–water partition coefficient (Wildman–Crippen LogP) is 3.43. The Balaban J connectivity index is 1.92. The van der Waals surface area contributed by atoms with Gasteiger partial charge in [0.2, 0.25) is 0 Å². The third-order valence-electron chi connectivity index (χ3n) is 2.21. The van der Waals surface area contributed by atoms with Crippen LogP contribution >= 0.6 is 22.9 Å². The zero-order chi connectivity index (χ0) is 13.0. The minimum atomic E-state index is -0.388. The van der Waals surface area contributed by atoms with Crippen LogP contribution in [0.15, 0.2) is 35.7 Å². The van der Waals surface area contributed by atoms with E-state index in [0.717, 1.165) is 4.88 Å². The van der Waals surface area contributed by atoms with Gasteiger partial charge in [-0.1, -0.05) is 17.7 Å². The van der Waals surface area contributed by atoms with E-state index in [0.29, 0.717) is 11.6 Å². The maximum Gasteiger partial charge on any atom is 0.319 e. The van der Waals surface area contributed by atoms with Gasteiger partial charge in [-0.05, 0) is 29.6 Å². The van der Waals surface area contributed by atoms with Gasteiger partial charge in [-0.25, -0.2) is 4.79 Å². The van der Waals surface area contributed by atoms with Crippen molar-refractivity contribution in [3.05, 3.63) is 45.6 Å². The first-order chi connectivity index (χ1) is 8.65. The number of carbonyl (C=O) groups excluding carboxylic acids is 1. The number of rotatable bonds is 3. The summed E-state index contributed by atoms with van der Waals surface area (Å²) in [5.41, 5.74) is 0.283. The van der Waals surface area contributed by atoms with Crippen molar-refractivity contribution in [3.63, 3.8) is 0 Å². The van der Waals surface area contributed by atoms with Gasteiger partial charge in [0.05, 0.1) is 12.2 Å². The lowest BCUT2D eigenvalue weighted by Gasteiger charge is -2.08. The van der Waals surface area contributed by atoms with Crippen LogP contribution in [0.1, 0.15) is 4.88 Å². The number of aromatic hydroxyl groups is 1. The average Bonchev–Trinajstić information content (AvgIpc) is 2.84. The van der Waals surface area contributed by atoms with E-state index in [2.05, 4.69) is 10.6 Å². The molecule has 0 aliphatic heterocycles. The molecule has 2 rings (SSSR count). The van der Waals surface area contributed by atoms with E-state index < -0.39 is 0 Å². The van der Waals surface area contributed by atoms with Gasteiger partial charge in [-0.2, -0.15) is 0 Å². The molecule has 18 heavy (non-hydrogen) atoms. The fourth-order valence-corrected chi connectivity index (χ4v) is 2.17. The van der Waals surface area contributed by atoms with Crippen molar-refractivity contribution in [1.29, 1.82) is 0 Å². The SMILES string of the molecule is O=C(NCc1cccs1)Nc1cc(Cl)ccc1O. The van der Waals surface area contributed by atoms with Gasteiger partial charge in [0, 0.05) is 9.90 Å². The second kappa shape index (κ2) is 5.75. The van der Waals surface area contributed by atoms with E-state index >= 15 is 0 Å². The van der Waals surface area contributed by atoms with Crippen LogP contribution in [0.25, 0.3) is 0 Å². The fraction of sp³-hybridized carbons (Fsp3) is 0.0833. The number of urea groups is 1. The second-order valence-corrected chi connectivity index (χ2v) is 5.02. The average molecular weight is 283 g/mol. The molecule has 4 nitrogen and oxygen atoms in total. The van der Waals surface area contributed by atoms with Gasteiger partial charge in [-0.15, -0.1) is 11.3 Å². The minimum Gasteiger partial charge on any atom is -0.506 e. The molecule has 1 heterocycles. The van der Waals surface area contributed by atoms with Crippen molar-refractivity contribution in [2.24, 2.45) is 0 Å². The summed E-state index contributed by atoms with van der Waals surface area (Å²) in [4.78, 5) is 12.7. The molecule has 2 aromatic rings. The number of amides is 2. The number of anilines is 1. The van der Waals surface area contributed by atoms with Gasteiger partial charge in [0.15, 0.2) is 0 Å². The Morgan fingerprint density at radius 1 is 1.39 bits per heavy atom. The summed E-state index contributed by atoms with van der Waals surface area (Å²) in [7, 11) is 0. The maximum atomic E-state index is 11.6. The van der Waals surface area contributed by atoms with Crippen LogP contribution in [-0.2, 0) is 6.54 Å². The summed E-state index contributed by atoms with van der Waals surface area (Å²) < 4.78 is 0. The van der Waals surface area contributed by atoms with Crippen LogP contribution in [0, 0.1) is 0 Å². The van der Waals surface area contributed by atoms with Gasteiger partial charge in [-0.3, -0.25) is 0 Å². The summed E-state index contributed by atoms with van der Waals surface area (Å²) in [6, 6.07) is 7.93. The molecule has 1 aromatic heterocycles. The van der Waals surface area contributed by atoms with Crippen LogP contribution in [0.4, 0.5) is 10.5 Å². The molecule has 0 aliphatic carbocycles. The van der Waals surface area contributed by atoms with Crippen molar-refractivity contribution in [1.82, 2.24) is 5.32 Å². The Labute approximate surface area is 113 Å². The van der Waals surface area contributed by atoms with E-state index in [1.807, 2.05) is 17.5 Å². The Morgan fingerprint density at radius 2 is 2.22 bits per heavy atom. The van der Waals surface area contributed by atoms with Crippen LogP contribution in [0.5, 0.6) is 5.75 Å². The zero-order valence-electron chi connectivity index (χ0n) is 9.31. The predicted molar refractivity (Wildman–Crippen MR) is 73.3 cm³/mol. The maximum absolute atomic E-state index is 11.6. The first kappa shape index (κ1) is 12.7. The number of phenols is 1. The van der Waals surface area contributed by atoms with E-state index in [1.165, 1.54) is 12.1 Å². The molecule has 0 unspecified atom stereocenters. The van der Waals surface area contributed by atoms with Gasteiger partial charge in [0.25, 0.3) is 0 Å². The number of benzene rings is 1. The third kappa shape index (κ3) is 3.38. The number of thiophene rings is 1. The Morgan fingerprint density at radius 3 is 2.94 bits per heavy atom. The molecule has 0 atom stereocenters. The van der Waals surface area contributed by atoms with Crippen molar-refractivity contribution in [3.8, 4) is 5.75 Å². The fourth-order valence-electron chi connectivity index (χ4n) is 1.36. The highest BCUT2D eigenvalue weighted by atomic mass is 35.5. The van der Waals surface area contributed by atoms with Crippen molar-refractivity contribution in [2.45, 2.75) is 6.54 Å². The number of nitrogens with one attached hydrogen (secondary N) is 2. The largest absolute Gasteiger partial charge is 0.506 e. The molecule has 0 saturated heterocycles. The summed E-state index contributed by atoms with van der Waals surface area (Å²) in [5.74, 6) is -0.0225. The second-order valence-electron chi connectivity index (χ2n) is 3.55. The first-order valence-corrected chi connectivity index (χ1v) is 6.46. The summed E-state index contributed by atoms with van der Waals surface area (Å²) >= 11 is 7.34. The van der Waals surface area contributed by atoms with Gasteiger partial charge in [0.1, 0.15) is 5.75 Å². The summed E-state index contributed by atoms with van der Waals surface area (Å²) in [6.45, 7) is 0.449. The van der Waals surface area contributed by atoms with Crippen LogP contribution in [-0.4, -0.2) is 11.1 Å². The van der Waals surface area contributed by atoms with Crippen molar-refractivity contribution >= 4 is 34.7 Å². The molecule has 0 saturated carbocycles. The molecule has 0 bridgehead atoms. The number of phenolic OH excluding ortho intramolecular Hbond substituents is 1. The highest BCUT2D eigenvalue weighted by Crippen LogP contribution is 2.26. The Hall–Kier alpha value is -1.72. The Bertz CT molecular complexity index is 543. The lowest BCUT2D eigenvalue weighted by molar-refractivity contribution is 0.251. The van der Waals surface area contributed by atoms with Gasteiger partial charge >= 0.3 is 6.03 Å². The number of halogens is 1. The number of hydrogen-bond acceptors (Lipinski definition) is 3. The molecule has 3 N–H and O–H groups in total. The topological polar surface area (TPSA) is 61.4 Å². The highest BCUT2D eigenvalue weighted by Gasteiger charge is 2.06. The Kier molecular flexibility index (Phi) is 4.07. The molecule has 94 valence electrons. The molecule has 0 radical (unpaired) electrons. The van der Waals surface area contributed by atoms with E-state index in [1.54, 1.807) is 17.4 Å². The zero-order valence-corrected chi connectivity index (χ0v) is 10.9. The van der Waals surface area contributed by atoms with E-state index in [9.17, 15) is 9.90 Å². The monoisotopic (exact) mass is 282 g/mol. The van der Waals surface area contributed by atoms with Gasteiger partial charge < -0.3 is 15.7 Å². The normalized spacial score (nSPS) is 10.1. The molecule has 2 amide bonds. The van der Waals surface area contributed by atoms with Crippen LogP contribution < -0.4 is 10.6 Å². The highest BCUT2D eigenvalue weighted by molar-refractivity contribution is 7.09. The van der Waals surface area contributed by atoms with E-state index in [-0.39, 0.29) is 17.5 Å². The first-order valence-electron chi connectivity index (χ1n) is 5.21. The van der Waals surface area contributed by atoms with Crippen LogP contribution in [0.2, 0.25) is 5.02 Å². The molecule has 1 aromatic carbocycles. The smallest absolute Gasteiger partial charge is 0.319 e. The molecule has 6 heteroatoms. The lowest BCUT2D eigenvalue weighted by atomic mass is 10.3. The quantitative estimate of drug-likeness (QED) is 0.755. The minimum absolute atomic E-state index is 0.0225. The summed E-state index contributed by atoms with van der Waals surface area (Å²) in [6.07, 6.45) is 0. The molecular formula is C12H11ClN2O2S. The van der Waals surface area contributed by atoms with Crippen molar-refractivity contribution < 1.29 is 9.90 Å². The number of carbonyl (C=O) groups is 1. The number of hydrogen-bond donors (Lipinski definition) is 3. The molecular weight excluding hydrogens is 272 g/mol. The van der Waals surface area contributed by atoms with Crippen molar-refractivity contribution in [2.75, 3.05) is 5.32 Å². The summed E-state index contributed by atoms with van der Waals surface area (Å²) in [5, 5.41) is 17.1. The molecule has 0 spiro atoms. The standard InChI is InChI=1S/C12H11ClN2O2S/c13-8-3-4-11(16)10(6-8)15-12(17)14-7-9-2-1-5-18-9/h1-6,16H,7H2,(H2,14,15,17).